The van der Waals surface area contributed by atoms with E-state index in [9.17, 15) is 9.50 Å². The van der Waals surface area contributed by atoms with Crippen molar-refractivity contribution in [2.45, 2.75) is 6.10 Å². The maximum absolute atomic E-state index is 13.9. The van der Waals surface area contributed by atoms with Crippen molar-refractivity contribution in [2.24, 2.45) is 0 Å². The highest BCUT2D eigenvalue weighted by molar-refractivity contribution is 6.31. The van der Waals surface area contributed by atoms with Gasteiger partial charge in [-0.05, 0) is 24.3 Å². The maximum Gasteiger partial charge on any atom is 0.133 e. The van der Waals surface area contributed by atoms with Gasteiger partial charge in [-0.1, -0.05) is 17.7 Å². The standard InChI is InChI=1S/C15H14ClFO3/c1-19-9-3-5-11(13(16)7-9)15(18)12-6-4-10(20-2)8-14(12)17/h3-8,15,18H,1-2H3. The number of aliphatic hydroxyl groups is 1. The Morgan fingerprint density at radius 3 is 2.05 bits per heavy atom. The monoisotopic (exact) mass is 296 g/mol. The van der Waals surface area contributed by atoms with E-state index in [1.165, 1.54) is 26.4 Å². The molecule has 0 bridgehead atoms. The molecule has 0 saturated carbocycles. The molecule has 3 nitrogen and oxygen atoms in total. The second-order valence-electron chi connectivity index (χ2n) is 4.18. The maximum atomic E-state index is 13.9. The molecule has 0 radical (unpaired) electrons. The average molecular weight is 297 g/mol. The fourth-order valence-electron chi connectivity index (χ4n) is 1.88. The van der Waals surface area contributed by atoms with Crippen LogP contribution in [0.25, 0.3) is 0 Å². The van der Waals surface area contributed by atoms with E-state index in [2.05, 4.69) is 0 Å². The molecule has 1 N–H and O–H groups in total. The number of benzene rings is 2. The normalized spacial score (nSPS) is 12.1. The topological polar surface area (TPSA) is 38.7 Å². The van der Waals surface area contributed by atoms with Gasteiger partial charge in [-0.3, -0.25) is 0 Å². The van der Waals surface area contributed by atoms with Crippen LogP contribution in [0.3, 0.4) is 0 Å². The molecule has 0 aliphatic heterocycles. The van der Waals surface area contributed by atoms with Gasteiger partial charge in [-0.25, -0.2) is 4.39 Å². The summed E-state index contributed by atoms with van der Waals surface area (Å²) in [5, 5.41) is 10.6. The van der Waals surface area contributed by atoms with Crippen LogP contribution in [0, 0.1) is 5.82 Å². The molecular formula is C15H14ClFO3. The zero-order chi connectivity index (χ0) is 14.7. The molecule has 2 rings (SSSR count). The largest absolute Gasteiger partial charge is 0.497 e. The highest BCUT2D eigenvalue weighted by atomic mass is 35.5. The molecule has 106 valence electrons. The lowest BCUT2D eigenvalue weighted by Crippen LogP contribution is -2.04. The van der Waals surface area contributed by atoms with Crippen LogP contribution in [0.4, 0.5) is 4.39 Å². The first-order valence-corrected chi connectivity index (χ1v) is 6.29. The number of methoxy groups -OCH3 is 2. The highest BCUT2D eigenvalue weighted by Gasteiger charge is 2.18. The van der Waals surface area contributed by atoms with Crippen molar-refractivity contribution < 1.29 is 19.0 Å². The zero-order valence-corrected chi connectivity index (χ0v) is 11.8. The Labute approximate surface area is 121 Å². The van der Waals surface area contributed by atoms with Crippen LogP contribution < -0.4 is 9.47 Å². The Balaban J connectivity index is 2.38. The first-order valence-electron chi connectivity index (χ1n) is 5.91. The summed E-state index contributed by atoms with van der Waals surface area (Å²) >= 11 is 6.08. The average Bonchev–Trinajstić information content (AvgIpc) is 2.46. The lowest BCUT2D eigenvalue weighted by molar-refractivity contribution is 0.214. The van der Waals surface area contributed by atoms with E-state index in [4.69, 9.17) is 21.1 Å². The van der Waals surface area contributed by atoms with Gasteiger partial charge in [0, 0.05) is 17.2 Å². The van der Waals surface area contributed by atoms with Crippen LogP contribution in [0.5, 0.6) is 11.5 Å². The van der Waals surface area contributed by atoms with Gasteiger partial charge in [-0.15, -0.1) is 0 Å². The number of halogens is 2. The predicted octanol–water partition coefficient (Wildman–Crippen LogP) is 3.58. The second kappa shape index (κ2) is 6.11. The minimum absolute atomic E-state index is 0.137. The fraction of sp³-hybridized carbons (Fsp3) is 0.200. The third-order valence-corrected chi connectivity index (χ3v) is 3.33. The first kappa shape index (κ1) is 14.6. The second-order valence-corrected chi connectivity index (χ2v) is 4.58. The Hall–Kier alpha value is -1.78. The molecular weight excluding hydrogens is 283 g/mol. The van der Waals surface area contributed by atoms with Crippen molar-refractivity contribution in [3.8, 4) is 11.5 Å². The minimum Gasteiger partial charge on any atom is -0.497 e. The van der Waals surface area contributed by atoms with E-state index < -0.39 is 11.9 Å². The van der Waals surface area contributed by atoms with Crippen LogP contribution in [0.2, 0.25) is 5.02 Å². The van der Waals surface area contributed by atoms with Crippen molar-refractivity contribution in [3.63, 3.8) is 0 Å². The predicted molar refractivity (Wildman–Crippen MR) is 75.0 cm³/mol. The molecule has 5 heteroatoms. The Kier molecular flexibility index (Phi) is 4.47. The lowest BCUT2D eigenvalue weighted by atomic mass is 10.0. The van der Waals surface area contributed by atoms with Crippen molar-refractivity contribution >= 4 is 11.6 Å². The van der Waals surface area contributed by atoms with Crippen molar-refractivity contribution in [1.29, 1.82) is 0 Å². The molecule has 0 aliphatic rings. The molecule has 2 aromatic rings. The molecule has 20 heavy (non-hydrogen) atoms. The quantitative estimate of drug-likeness (QED) is 0.937. The van der Waals surface area contributed by atoms with Crippen LogP contribution >= 0.6 is 11.6 Å². The summed E-state index contributed by atoms with van der Waals surface area (Å²) in [6, 6.07) is 9.11. The molecule has 0 heterocycles. The Morgan fingerprint density at radius 2 is 1.55 bits per heavy atom. The van der Waals surface area contributed by atoms with Crippen LogP contribution in [-0.4, -0.2) is 19.3 Å². The molecule has 0 amide bonds. The Bertz CT molecular complexity index is 563. The van der Waals surface area contributed by atoms with E-state index in [0.717, 1.165) is 0 Å². The number of hydrogen-bond acceptors (Lipinski definition) is 3. The van der Waals surface area contributed by atoms with Crippen LogP contribution in [-0.2, 0) is 0 Å². The van der Waals surface area contributed by atoms with Gasteiger partial charge in [-0.2, -0.15) is 0 Å². The van der Waals surface area contributed by atoms with Gasteiger partial charge in [0.15, 0.2) is 0 Å². The fourth-order valence-corrected chi connectivity index (χ4v) is 2.15. The van der Waals surface area contributed by atoms with E-state index >= 15 is 0 Å². The molecule has 0 spiro atoms. The molecule has 0 aliphatic carbocycles. The van der Waals surface area contributed by atoms with Gasteiger partial charge in [0.05, 0.1) is 19.2 Å². The van der Waals surface area contributed by atoms with E-state index in [1.54, 1.807) is 24.3 Å². The summed E-state index contributed by atoms with van der Waals surface area (Å²) in [5.74, 6) is 0.407. The summed E-state index contributed by atoms with van der Waals surface area (Å²) in [6.45, 7) is 0. The third kappa shape index (κ3) is 2.86. The van der Waals surface area contributed by atoms with E-state index in [1.807, 2.05) is 0 Å². The first-order chi connectivity index (χ1) is 9.56. The smallest absolute Gasteiger partial charge is 0.133 e. The zero-order valence-electron chi connectivity index (χ0n) is 11.1. The number of hydrogen-bond donors (Lipinski definition) is 1. The molecule has 2 aromatic carbocycles. The minimum atomic E-state index is -1.15. The molecule has 0 saturated heterocycles. The van der Waals surface area contributed by atoms with Gasteiger partial charge < -0.3 is 14.6 Å². The lowest BCUT2D eigenvalue weighted by Gasteiger charge is -2.15. The van der Waals surface area contributed by atoms with Gasteiger partial charge in [0.1, 0.15) is 23.4 Å². The summed E-state index contributed by atoms with van der Waals surface area (Å²) in [6.07, 6.45) is -1.15. The van der Waals surface area contributed by atoms with Crippen molar-refractivity contribution in [2.75, 3.05) is 14.2 Å². The number of aliphatic hydroxyl groups excluding tert-OH is 1. The number of ether oxygens (including phenoxy) is 2. The summed E-state index contributed by atoms with van der Waals surface area (Å²) in [7, 11) is 2.97. The van der Waals surface area contributed by atoms with Crippen molar-refractivity contribution in [1.82, 2.24) is 0 Å². The summed E-state index contributed by atoms with van der Waals surface area (Å²) in [4.78, 5) is 0. The van der Waals surface area contributed by atoms with Gasteiger partial charge in [0.25, 0.3) is 0 Å². The van der Waals surface area contributed by atoms with E-state index in [-0.39, 0.29) is 5.56 Å². The highest BCUT2D eigenvalue weighted by Crippen LogP contribution is 2.33. The molecule has 0 aromatic heterocycles. The van der Waals surface area contributed by atoms with Crippen LogP contribution in [0.1, 0.15) is 17.2 Å². The molecule has 0 fully saturated rings. The molecule has 1 atom stereocenters. The van der Waals surface area contributed by atoms with Gasteiger partial charge in [0.2, 0.25) is 0 Å². The van der Waals surface area contributed by atoms with Gasteiger partial charge >= 0.3 is 0 Å². The third-order valence-electron chi connectivity index (χ3n) is 3.00. The summed E-state index contributed by atoms with van der Waals surface area (Å²) in [5.41, 5.74) is 0.550. The summed E-state index contributed by atoms with van der Waals surface area (Å²) < 4.78 is 23.9. The van der Waals surface area contributed by atoms with Crippen molar-refractivity contribution in [3.05, 3.63) is 58.4 Å². The SMILES string of the molecule is COc1ccc(C(O)c2ccc(OC)cc2Cl)c(F)c1. The molecule has 1 unspecified atom stereocenters. The number of rotatable bonds is 4. The van der Waals surface area contributed by atoms with E-state index in [0.29, 0.717) is 22.1 Å². The van der Waals surface area contributed by atoms with Crippen LogP contribution in [0.15, 0.2) is 36.4 Å². The Morgan fingerprint density at radius 1 is 1.00 bits per heavy atom.